The predicted molar refractivity (Wildman–Crippen MR) is 180 cm³/mol. The van der Waals surface area contributed by atoms with Gasteiger partial charge in [0.2, 0.25) is 5.78 Å². The molecule has 0 aliphatic rings. The van der Waals surface area contributed by atoms with Crippen molar-refractivity contribution >= 4 is 45.3 Å². The molecule has 6 nitrogen and oxygen atoms in total. The Balaban J connectivity index is 7.28. The molecule has 40 heavy (non-hydrogen) atoms. The van der Waals surface area contributed by atoms with E-state index < -0.39 is 57.4 Å². The van der Waals surface area contributed by atoms with Gasteiger partial charge in [-0.05, 0) is 72.5 Å². The van der Waals surface area contributed by atoms with E-state index >= 15 is 0 Å². The highest BCUT2D eigenvalue weighted by molar-refractivity contribution is 6.75. The van der Waals surface area contributed by atoms with Gasteiger partial charge in [0, 0.05) is 0 Å². The highest BCUT2D eigenvalue weighted by atomic mass is 28.4. The van der Waals surface area contributed by atoms with Crippen LogP contribution >= 0.6 is 0 Å². The van der Waals surface area contributed by atoms with Gasteiger partial charge in [-0.1, -0.05) is 83.1 Å². The molecule has 0 saturated carbocycles. The molecule has 3 atom stereocenters. The summed E-state index contributed by atoms with van der Waals surface area (Å²) in [5.74, 6) is -0.593. The molecule has 0 aliphatic carbocycles. The molecule has 0 unspecified atom stereocenters. The van der Waals surface area contributed by atoms with Crippen molar-refractivity contribution in [2.75, 3.05) is 6.61 Å². The number of ketones is 1. The summed E-state index contributed by atoms with van der Waals surface area (Å²) in [5, 5.41) is -0.365. The zero-order valence-electron chi connectivity index (χ0n) is 30.0. The summed E-state index contributed by atoms with van der Waals surface area (Å²) in [5.41, 5.74) is 0. The smallest absolute Gasteiger partial charge is 0.225 e. The second-order valence-electron chi connectivity index (χ2n) is 17.6. The standard InChI is InChI=1S/C30H66O6Si4/c1-27(2,3)37(13,14)33-22-24(34-38(15,16)28(4,5)6)26(36-40(19,20)30(10,11)12)25(23(32)21-31)35-39(17,18)29(7,8)9/h21,24-26H,22H2,1-20H3/t24-,25+,26+/m0/s1. The van der Waals surface area contributed by atoms with Gasteiger partial charge in [-0.2, -0.15) is 0 Å². The Kier molecular flexibility index (Phi) is 13.0. The van der Waals surface area contributed by atoms with Gasteiger partial charge in [-0.3, -0.25) is 9.59 Å². The Bertz CT molecular complexity index is 855. The van der Waals surface area contributed by atoms with E-state index in [0.29, 0.717) is 6.29 Å². The molecule has 0 aliphatic heterocycles. The molecule has 0 amide bonds. The molecular weight excluding hydrogens is 569 g/mol. The Morgan fingerprint density at radius 3 is 1.23 bits per heavy atom. The van der Waals surface area contributed by atoms with Gasteiger partial charge < -0.3 is 17.7 Å². The molecule has 0 aromatic carbocycles. The van der Waals surface area contributed by atoms with E-state index in [2.05, 4.69) is 135 Å². The van der Waals surface area contributed by atoms with Crippen LogP contribution in [-0.4, -0.2) is 70.3 Å². The minimum atomic E-state index is -2.48. The average Bonchev–Trinajstić information content (AvgIpc) is 2.69. The van der Waals surface area contributed by atoms with Crippen LogP contribution in [0.2, 0.25) is 72.5 Å². The van der Waals surface area contributed by atoms with E-state index in [-0.39, 0.29) is 26.8 Å². The monoisotopic (exact) mass is 634 g/mol. The van der Waals surface area contributed by atoms with Crippen molar-refractivity contribution in [1.82, 2.24) is 0 Å². The fraction of sp³-hybridized carbons (Fsp3) is 0.933. The molecule has 0 heterocycles. The average molecular weight is 635 g/mol. The number of hydrogen-bond donors (Lipinski definition) is 0. The lowest BCUT2D eigenvalue weighted by molar-refractivity contribution is -0.142. The molecule has 0 aromatic heterocycles. The maximum absolute atomic E-state index is 13.5. The highest BCUT2D eigenvalue weighted by Gasteiger charge is 2.51. The topological polar surface area (TPSA) is 71.1 Å². The van der Waals surface area contributed by atoms with Crippen molar-refractivity contribution in [3.63, 3.8) is 0 Å². The van der Waals surface area contributed by atoms with Gasteiger partial charge in [0.1, 0.15) is 12.2 Å². The predicted octanol–water partition coefficient (Wildman–Crippen LogP) is 8.95. The quantitative estimate of drug-likeness (QED) is 0.114. The first-order valence-corrected chi connectivity index (χ1v) is 26.5. The van der Waals surface area contributed by atoms with Crippen molar-refractivity contribution < 1.29 is 27.3 Å². The number of carbonyl (C=O) groups excluding carboxylic acids is 2. The zero-order chi connectivity index (χ0) is 32.6. The van der Waals surface area contributed by atoms with E-state index in [9.17, 15) is 9.59 Å². The molecule has 0 bridgehead atoms. The van der Waals surface area contributed by atoms with E-state index in [0.717, 1.165) is 0 Å². The maximum atomic E-state index is 13.5. The van der Waals surface area contributed by atoms with Crippen LogP contribution in [0, 0.1) is 0 Å². The largest absolute Gasteiger partial charge is 0.414 e. The SMILES string of the molecule is CC(C)(C)[Si](C)(C)OC[C@H](O[Si](C)(C)C(C)(C)C)[C@@H](O[Si](C)(C)C(C)(C)C)[C@H](O[Si](C)(C)C(C)(C)C)C(=O)C=O. The van der Waals surface area contributed by atoms with Crippen LogP contribution in [0.3, 0.4) is 0 Å². The van der Waals surface area contributed by atoms with E-state index in [1.165, 1.54) is 0 Å². The third kappa shape index (κ3) is 10.3. The number of carbonyl (C=O) groups is 2. The zero-order valence-corrected chi connectivity index (χ0v) is 34.0. The molecular formula is C30H66O6Si4. The van der Waals surface area contributed by atoms with Crippen molar-refractivity contribution in [2.45, 2.75) is 174 Å². The first-order chi connectivity index (χ1) is 17.2. The second kappa shape index (κ2) is 13.0. The van der Waals surface area contributed by atoms with Crippen LogP contribution in [0.25, 0.3) is 0 Å². The number of Topliss-reactive ketones (excluding diaryl/α,β-unsaturated/α-hetero) is 1. The van der Waals surface area contributed by atoms with Crippen LogP contribution in [-0.2, 0) is 27.3 Å². The van der Waals surface area contributed by atoms with Crippen LogP contribution in [0.1, 0.15) is 83.1 Å². The molecule has 0 spiro atoms. The van der Waals surface area contributed by atoms with Gasteiger partial charge in [0.05, 0.1) is 12.7 Å². The minimum absolute atomic E-state index is 0.0000353. The summed E-state index contributed by atoms with van der Waals surface area (Å²) in [4.78, 5) is 25.7. The first-order valence-electron chi connectivity index (χ1n) is 14.9. The summed E-state index contributed by atoms with van der Waals surface area (Å²) < 4.78 is 27.8. The van der Waals surface area contributed by atoms with E-state index in [1.54, 1.807) is 0 Å². The van der Waals surface area contributed by atoms with Gasteiger partial charge >= 0.3 is 0 Å². The Labute approximate surface area is 252 Å². The minimum Gasteiger partial charge on any atom is -0.414 e. The number of hydrogen-bond acceptors (Lipinski definition) is 6. The van der Waals surface area contributed by atoms with Crippen LogP contribution < -0.4 is 0 Å². The lowest BCUT2D eigenvalue weighted by Gasteiger charge is -2.49. The van der Waals surface area contributed by atoms with Gasteiger partial charge in [0.25, 0.3) is 0 Å². The van der Waals surface area contributed by atoms with Gasteiger partial charge in [-0.25, -0.2) is 0 Å². The lowest BCUT2D eigenvalue weighted by atomic mass is 10.1. The van der Waals surface area contributed by atoms with Crippen molar-refractivity contribution in [3.8, 4) is 0 Å². The Hall–Kier alpha value is 0.0475. The van der Waals surface area contributed by atoms with Crippen molar-refractivity contribution in [1.29, 1.82) is 0 Å². The Morgan fingerprint density at radius 1 is 0.575 bits per heavy atom. The summed E-state index contributed by atoms with van der Waals surface area (Å²) >= 11 is 0. The molecule has 0 fully saturated rings. The molecule has 0 radical (unpaired) electrons. The molecule has 0 N–H and O–H groups in total. The molecule has 0 aromatic rings. The second-order valence-corrected chi connectivity index (χ2v) is 36.7. The van der Waals surface area contributed by atoms with E-state index in [1.807, 2.05) is 0 Å². The molecule has 0 rings (SSSR count). The van der Waals surface area contributed by atoms with Crippen molar-refractivity contribution in [2.24, 2.45) is 0 Å². The van der Waals surface area contributed by atoms with E-state index in [4.69, 9.17) is 17.7 Å². The van der Waals surface area contributed by atoms with Crippen LogP contribution in [0.15, 0.2) is 0 Å². The number of aldehydes is 1. The molecule has 238 valence electrons. The van der Waals surface area contributed by atoms with Gasteiger partial charge in [0.15, 0.2) is 39.6 Å². The molecule has 10 heteroatoms. The summed E-state index contributed by atoms with van der Waals surface area (Å²) in [6.45, 7) is 43.9. The number of rotatable bonds is 13. The Morgan fingerprint density at radius 2 is 0.900 bits per heavy atom. The third-order valence-electron chi connectivity index (χ3n) is 10.2. The first kappa shape index (κ1) is 40.0. The van der Waals surface area contributed by atoms with Gasteiger partial charge in [-0.15, -0.1) is 0 Å². The third-order valence-corrected chi connectivity index (χ3v) is 28.1. The highest BCUT2D eigenvalue weighted by Crippen LogP contribution is 2.44. The fourth-order valence-electron chi connectivity index (χ4n) is 2.96. The van der Waals surface area contributed by atoms with Crippen LogP contribution in [0.4, 0.5) is 0 Å². The van der Waals surface area contributed by atoms with Crippen molar-refractivity contribution in [3.05, 3.63) is 0 Å². The lowest BCUT2D eigenvalue weighted by Crippen LogP contribution is -2.61. The summed E-state index contributed by atoms with van der Waals surface area (Å²) in [6, 6.07) is 0. The summed E-state index contributed by atoms with van der Waals surface area (Å²) in [6.07, 6.45) is -2.00. The normalized spacial score (nSPS) is 17.4. The maximum Gasteiger partial charge on any atom is 0.225 e. The fourth-order valence-corrected chi connectivity index (χ4v) is 7.83. The summed E-state index contributed by atoms with van der Waals surface area (Å²) in [7, 11) is -9.46. The molecule has 0 saturated heterocycles. The van der Waals surface area contributed by atoms with Crippen LogP contribution in [0.5, 0.6) is 0 Å².